The zero-order valence-electron chi connectivity index (χ0n) is 19.1. The molecule has 1 amide bonds. The van der Waals surface area contributed by atoms with E-state index in [-0.39, 0.29) is 16.6 Å². The summed E-state index contributed by atoms with van der Waals surface area (Å²) in [4.78, 5) is 27.0. The van der Waals surface area contributed by atoms with Gasteiger partial charge in [-0.1, -0.05) is 23.2 Å². The molecule has 0 saturated carbocycles. The van der Waals surface area contributed by atoms with Gasteiger partial charge in [-0.05, 0) is 63.4 Å². The van der Waals surface area contributed by atoms with Gasteiger partial charge in [0, 0.05) is 11.3 Å². The van der Waals surface area contributed by atoms with Crippen molar-refractivity contribution in [3.8, 4) is 17.2 Å². The molecule has 0 radical (unpaired) electrons. The van der Waals surface area contributed by atoms with E-state index in [0.717, 1.165) is 32.4 Å². The third-order valence-electron chi connectivity index (χ3n) is 5.44. The number of nitrogens with zero attached hydrogens (tertiary/aromatic N) is 1. The minimum atomic E-state index is -0.653. The Bertz CT molecular complexity index is 1160. The summed E-state index contributed by atoms with van der Waals surface area (Å²) in [6.07, 6.45) is 3.11. The van der Waals surface area contributed by atoms with Crippen LogP contribution in [0.2, 0.25) is 10.0 Å². The van der Waals surface area contributed by atoms with Crippen molar-refractivity contribution in [1.82, 2.24) is 20.5 Å². The van der Waals surface area contributed by atoms with Crippen molar-refractivity contribution in [1.29, 1.82) is 0 Å². The molecule has 34 heavy (non-hydrogen) atoms. The number of piperidine rings is 1. The Morgan fingerprint density at radius 1 is 1.26 bits per heavy atom. The summed E-state index contributed by atoms with van der Waals surface area (Å²) in [7, 11) is 0. The smallest absolute Gasteiger partial charge is 0.434 e. The van der Waals surface area contributed by atoms with E-state index < -0.39 is 11.7 Å². The molecule has 0 aliphatic carbocycles. The number of carbonyl (C=O) groups is 1. The molecule has 1 aliphatic rings. The Morgan fingerprint density at radius 2 is 2.00 bits per heavy atom. The molecule has 4 N–H and O–H groups in total. The summed E-state index contributed by atoms with van der Waals surface area (Å²) in [6, 6.07) is 5.00. The predicted molar refractivity (Wildman–Crippen MR) is 133 cm³/mol. The number of rotatable bonds is 7. The zero-order chi connectivity index (χ0) is 24.7. The van der Waals surface area contributed by atoms with Gasteiger partial charge in [-0.15, -0.1) is 5.10 Å². The van der Waals surface area contributed by atoms with Crippen LogP contribution in [0.25, 0.3) is 11.5 Å². The first-order chi connectivity index (χ1) is 16.4. The summed E-state index contributed by atoms with van der Waals surface area (Å²) in [5, 5.41) is 12.7. The van der Waals surface area contributed by atoms with E-state index in [9.17, 15) is 9.59 Å². The fourth-order valence-electron chi connectivity index (χ4n) is 3.65. The number of nitrogens with one attached hydrogen (secondary N) is 4. The lowest BCUT2D eigenvalue weighted by Crippen LogP contribution is -2.28. The van der Waals surface area contributed by atoms with Gasteiger partial charge in [0.1, 0.15) is 11.4 Å². The maximum atomic E-state index is 12.8. The molecular weight excluding hydrogens is 481 g/mol. The van der Waals surface area contributed by atoms with Crippen LogP contribution in [-0.2, 0) is 0 Å². The predicted octanol–water partition coefficient (Wildman–Crippen LogP) is 4.83. The minimum absolute atomic E-state index is 0.130. The number of amides is 1. The second kappa shape index (κ2) is 12.0. The Hall–Kier alpha value is -2.88. The number of anilines is 1. The van der Waals surface area contributed by atoms with E-state index in [4.69, 9.17) is 32.4 Å². The van der Waals surface area contributed by atoms with E-state index >= 15 is 0 Å². The molecule has 1 saturated heterocycles. The molecule has 0 atom stereocenters. The van der Waals surface area contributed by atoms with Gasteiger partial charge in [-0.2, -0.15) is 0 Å². The number of hydrogen-bond donors (Lipinski definition) is 4. The lowest BCUT2D eigenvalue weighted by atomic mass is 9.95. The second-order valence-electron chi connectivity index (χ2n) is 7.67. The van der Waals surface area contributed by atoms with Crippen LogP contribution in [0.1, 0.15) is 42.4 Å². The highest BCUT2D eigenvalue weighted by molar-refractivity contribution is 6.44. The van der Waals surface area contributed by atoms with E-state index in [0.29, 0.717) is 40.2 Å². The maximum Gasteiger partial charge on any atom is 0.434 e. The molecule has 1 fully saturated rings. The van der Waals surface area contributed by atoms with Gasteiger partial charge in [0.2, 0.25) is 5.89 Å². The summed E-state index contributed by atoms with van der Waals surface area (Å²) in [5.74, 6) is 0.0446. The highest BCUT2D eigenvalue weighted by atomic mass is 35.5. The van der Waals surface area contributed by atoms with Crippen molar-refractivity contribution in [3.63, 3.8) is 0 Å². The molecule has 4 rings (SSSR count). The van der Waals surface area contributed by atoms with Crippen LogP contribution in [0, 0.1) is 19.8 Å². The Labute approximate surface area is 207 Å². The first-order valence-electron chi connectivity index (χ1n) is 11.0. The van der Waals surface area contributed by atoms with Crippen molar-refractivity contribution >= 4 is 34.8 Å². The van der Waals surface area contributed by atoms with Crippen LogP contribution in [0.3, 0.4) is 0 Å². The van der Waals surface area contributed by atoms with Gasteiger partial charge in [-0.25, -0.2) is 9.89 Å². The van der Waals surface area contributed by atoms with Crippen molar-refractivity contribution in [2.24, 2.45) is 5.92 Å². The number of aryl methyl sites for hydroxylation is 1. The van der Waals surface area contributed by atoms with Crippen LogP contribution in [0.4, 0.5) is 5.69 Å². The van der Waals surface area contributed by atoms with E-state index in [1.807, 2.05) is 0 Å². The standard InChI is InChI=1S/C21H23Cl2N5O4.C2H5/c1-11-16(22)17(23)18(25-11)19(29)26-14-3-2-13(20-27-28-21(30)32-20)10-15(14)31-9-6-12-4-7-24-8-5-12;1-2/h2-3,10,12,24-25H,4-9H2,1H3,(H,26,29)(H,28,30);1H2,2H3/q;+1. The normalized spacial score (nSPS) is 13.8. The molecule has 11 heteroatoms. The van der Waals surface area contributed by atoms with Gasteiger partial charge in [0.15, 0.2) is 0 Å². The molecule has 2 aromatic heterocycles. The molecule has 1 aromatic carbocycles. The van der Waals surface area contributed by atoms with Crippen molar-refractivity contribution < 1.29 is 13.9 Å². The summed E-state index contributed by atoms with van der Waals surface area (Å²) in [5.41, 5.74) is 1.75. The van der Waals surface area contributed by atoms with Gasteiger partial charge >= 0.3 is 5.76 Å². The van der Waals surface area contributed by atoms with Crippen LogP contribution < -0.4 is 21.1 Å². The lowest BCUT2D eigenvalue weighted by molar-refractivity contribution is 0.102. The number of aromatic nitrogens is 3. The van der Waals surface area contributed by atoms with Gasteiger partial charge in [-0.3, -0.25) is 4.79 Å². The Balaban J connectivity index is 0.00000158. The highest BCUT2D eigenvalue weighted by Crippen LogP contribution is 2.33. The Kier molecular flexibility index (Phi) is 9.09. The monoisotopic (exact) mass is 508 g/mol. The molecule has 1 aliphatic heterocycles. The zero-order valence-corrected chi connectivity index (χ0v) is 20.6. The average Bonchev–Trinajstić information content (AvgIpc) is 3.40. The molecule has 0 unspecified atom stereocenters. The molecule has 0 spiro atoms. The third kappa shape index (κ3) is 6.16. The molecule has 9 nitrogen and oxygen atoms in total. The molecule has 3 heterocycles. The first kappa shape index (κ1) is 25.7. The minimum Gasteiger partial charge on any atom is -0.491 e. The number of halogens is 2. The Morgan fingerprint density at radius 3 is 2.62 bits per heavy atom. The fourth-order valence-corrected chi connectivity index (χ4v) is 4.07. The summed E-state index contributed by atoms with van der Waals surface area (Å²) < 4.78 is 11.1. The SMILES string of the molecule is Cc1[nH]c(C(=O)Nc2ccc(-c3n[nH]c(=O)o3)cc2OCCC2CCNCC2)c(Cl)c1Cl.[CH2+]C. The van der Waals surface area contributed by atoms with Crippen molar-refractivity contribution in [2.45, 2.75) is 33.1 Å². The largest absolute Gasteiger partial charge is 0.491 e. The molecule has 182 valence electrons. The fraction of sp³-hybridized carbons (Fsp3) is 0.391. The van der Waals surface area contributed by atoms with Crippen LogP contribution >= 0.6 is 23.2 Å². The highest BCUT2D eigenvalue weighted by Gasteiger charge is 2.20. The second-order valence-corrected chi connectivity index (χ2v) is 8.42. The maximum absolute atomic E-state index is 12.8. The van der Waals surface area contributed by atoms with Crippen molar-refractivity contribution in [3.05, 3.63) is 57.1 Å². The quantitative estimate of drug-likeness (QED) is 0.338. The number of ether oxygens (including phenoxy) is 1. The summed E-state index contributed by atoms with van der Waals surface area (Å²) in [6.45, 7) is 9.24. The van der Waals surface area contributed by atoms with E-state index in [1.165, 1.54) is 0 Å². The topological polar surface area (TPSA) is 125 Å². The number of hydrogen-bond acceptors (Lipinski definition) is 6. The van der Waals surface area contributed by atoms with Crippen LogP contribution in [-0.4, -0.2) is 40.8 Å². The lowest BCUT2D eigenvalue weighted by Gasteiger charge is -2.22. The molecular formula is C23H28Cl2N5O4+. The third-order valence-corrected chi connectivity index (χ3v) is 6.39. The molecule has 3 aromatic rings. The van der Waals surface area contributed by atoms with Gasteiger partial charge in [0.25, 0.3) is 5.91 Å². The van der Waals surface area contributed by atoms with Crippen LogP contribution in [0.15, 0.2) is 27.4 Å². The van der Waals surface area contributed by atoms with Crippen molar-refractivity contribution in [2.75, 3.05) is 25.0 Å². The van der Waals surface area contributed by atoms with E-state index in [1.54, 1.807) is 32.0 Å². The number of carbonyl (C=O) groups excluding carboxylic acids is 1. The average molecular weight is 509 g/mol. The first-order valence-corrected chi connectivity index (χ1v) is 11.8. The summed E-state index contributed by atoms with van der Waals surface area (Å²) >= 11 is 12.3. The van der Waals surface area contributed by atoms with Gasteiger partial charge in [0.05, 0.1) is 36.2 Å². The number of aromatic amines is 2. The number of H-pyrrole nitrogens is 2. The molecule has 0 bridgehead atoms. The van der Waals surface area contributed by atoms with E-state index in [2.05, 4.69) is 32.7 Å². The van der Waals surface area contributed by atoms with Gasteiger partial charge < -0.3 is 24.8 Å². The van der Waals surface area contributed by atoms with Crippen LogP contribution in [0.5, 0.6) is 5.75 Å². The number of benzene rings is 1.